The van der Waals surface area contributed by atoms with E-state index in [0.29, 0.717) is 25.2 Å². The van der Waals surface area contributed by atoms with Crippen LogP contribution < -0.4 is 0 Å². The third-order valence-corrected chi connectivity index (χ3v) is 4.62. The minimum absolute atomic E-state index is 0.0805. The average molecular weight is 300 g/mol. The lowest BCUT2D eigenvalue weighted by molar-refractivity contribution is -0.147. The Bertz CT molecular complexity index is 749. The first-order valence-corrected chi connectivity index (χ1v) is 7.57. The molecule has 1 aliphatic rings. The fraction of sp³-hybridized carbons (Fsp3) is 0.412. The van der Waals surface area contributed by atoms with Gasteiger partial charge in [0.2, 0.25) is 0 Å². The zero-order valence-electron chi connectivity index (χ0n) is 12.9. The third-order valence-electron chi connectivity index (χ3n) is 4.62. The van der Waals surface area contributed by atoms with E-state index in [0.717, 1.165) is 10.9 Å². The Morgan fingerprint density at radius 3 is 2.68 bits per heavy atom. The van der Waals surface area contributed by atoms with Gasteiger partial charge >= 0.3 is 5.97 Å². The van der Waals surface area contributed by atoms with Gasteiger partial charge in [-0.2, -0.15) is 0 Å². The molecule has 1 N–H and O–H groups in total. The number of aliphatic carboxylic acids is 1. The zero-order valence-corrected chi connectivity index (χ0v) is 12.9. The van der Waals surface area contributed by atoms with Gasteiger partial charge in [-0.25, -0.2) is 0 Å². The number of carboxylic acid groups (broad SMARTS) is 1. The van der Waals surface area contributed by atoms with Crippen LogP contribution in [0.4, 0.5) is 0 Å². The number of carbonyl (C=O) groups is 2. The number of carbonyl (C=O) groups excluding carboxylic acids is 1. The van der Waals surface area contributed by atoms with E-state index in [2.05, 4.69) is 0 Å². The predicted molar refractivity (Wildman–Crippen MR) is 83.9 cm³/mol. The Balaban J connectivity index is 1.95. The highest BCUT2D eigenvalue weighted by molar-refractivity contribution is 5.99. The molecule has 1 aliphatic heterocycles. The van der Waals surface area contributed by atoms with E-state index in [1.807, 2.05) is 41.8 Å². The molecule has 1 atom stereocenters. The van der Waals surface area contributed by atoms with Crippen molar-refractivity contribution in [3.63, 3.8) is 0 Å². The normalized spacial score (nSPS) is 21.5. The summed E-state index contributed by atoms with van der Waals surface area (Å²) in [5, 5.41) is 10.3. The number of fused-ring (bicyclic) bond motifs is 1. The summed E-state index contributed by atoms with van der Waals surface area (Å²) in [6, 6.07) is 9.80. The number of aromatic nitrogens is 1. The van der Waals surface area contributed by atoms with Gasteiger partial charge in [0.05, 0.1) is 5.41 Å². The number of nitrogens with zero attached hydrogens (tertiary/aromatic N) is 2. The summed E-state index contributed by atoms with van der Waals surface area (Å²) in [5.41, 5.74) is 0.838. The second kappa shape index (κ2) is 5.16. The maximum atomic E-state index is 12.8. The van der Waals surface area contributed by atoms with Crippen molar-refractivity contribution in [2.24, 2.45) is 5.41 Å². The fourth-order valence-electron chi connectivity index (χ4n) is 3.20. The average Bonchev–Trinajstić information content (AvgIpc) is 3.08. The van der Waals surface area contributed by atoms with Crippen LogP contribution in [0, 0.1) is 5.41 Å². The van der Waals surface area contributed by atoms with Gasteiger partial charge in [0.1, 0.15) is 5.69 Å². The summed E-state index contributed by atoms with van der Waals surface area (Å²) in [5.74, 6) is -0.915. The minimum atomic E-state index is -0.835. The molecule has 0 unspecified atom stereocenters. The Kier molecular flexibility index (Phi) is 3.43. The van der Waals surface area contributed by atoms with Gasteiger partial charge in [-0.3, -0.25) is 9.59 Å². The van der Waals surface area contributed by atoms with Crippen molar-refractivity contribution in [3.05, 3.63) is 36.0 Å². The summed E-state index contributed by atoms with van der Waals surface area (Å²) < 4.78 is 1.99. The molecule has 5 nitrogen and oxygen atoms in total. The van der Waals surface area contributed by atoms with Gasteiger partial charge in [0, 0.05) is 30.5 Å². The van der Waals surface area contributed by atoms with Crippen molar-refractivity contribution in [1.82, 2.24) is 9.47 Å². The molecule has 116 valence electrons. The summed E-state index contributed by atoms with van der Waals surface area (Å²) in [6.07, 6.45) is 0.500. The standard InChI is InChI=1S/C17H20N2O3/c1-3-19-13-7-5-4-6-12(13)10-14(19)15(20)18-9-8-17(2,11-18)16(21)22/h4-7,10H,3,8-9,11H2,1-2H3,(H,21,22)/t17-/m0/s1. The van der Waals surface area contributed by atoms with Crippen LogP contribution in [0.3, 0.4) is 0 Å². The van der Waals surface area contributed by atoms with Crippen LogP contribution in [-0.4, -0.2) is 39.5 Å². The molecule has 2 heterocycles. The zero-order chi connectivity index (χ0) is 15.9. The van der Waals surface area contributed by atoms with Crippen molar-refractivity contribution in [3.8, 4) is 0 Å². The van der Waals surface area contributed by atoms with E-state index in [4.69, 9.17) is 0 Å². The van der Waals surface area contributed by atoms with Gasteiger partial charge in [-0.05, 0) is 32.4 Å². The largest absolute Gasteiger partial charge is 0.481 e. The minimum Gasteiger partial charge on any atom is -0.481 e. The molecule has 5 heteroatoms. The molecule has 0 radical (unpaired) electrons. The predicted octanol–water partition coefficient (Wildman–Crippen LogP) is 2.60. The van der Waals surface area contributed by atoms with Crippen molar-refractivity contribution >= 4 is 22.8 Å². The monoisotopic (exact) mass is 300 g/mol. The molecule has 1 fully saturated rings. The molecule has 0 saturated carbocycles. The van der Waals surface area contributed by atoms with Crippen LogP contribution >= 0.6 is 0 Å². The van der Waals surface area contributed by atoms with Crippen molar-refractivity contribution in [2.75, 3.05) is 13.1 Å². The molecular weight excluding hydrogens is 280 g/mol. The number of benzene rings is 1. The Hall–Kier alpha value is -2.30. The molecule has 1 amide bonds. The van der Waals surface area contributed by atoms with Crippen LogP contribution in [0.25, 0.3) is 10.9 Å². The van der Waals surface area contributed by atoms with E-state index in [9.17, 15) is 14.7 Å². The number of para-hydroxylation sites is 1. The third kappa shape index (κ3) is 2.17. The highest BCUT2D eigenvalue weighted by Gasteiger charge is 2.42. The van der Waals surface area contributed by atoms with Crippen LogP contribution in [-0.2, 0) is 11.3 Å². The first-order valence-electron chi connectivity index (χ1n) is 7.57. The molecule has 0 aliphatic carbocycles. The Labute approximate surface area is 129 Å². The van der Waals surface area contributed by atoms with Crippen molar-refractivity contribution in [1.29, 1.82) is 0 Å². The van der Waals surface area contributed by atoms with Gasteiger partial charge in [-0.1, -0.05) is 18.2 Å². The first kappa shape index (κ1) is 14.6. The lowest BCUT2D eigenvalue weighted by Gasteiger charge is -2.20. The van der Waals surface area contributed by atoms with Gasteiger partial charge in [0.25, 0.3) is 5.91 Å². The van der Waals surface area contributed by atoms with Crippen LogP contribution in [0.5, 0.6) is 0 Å². The van der Waals surface area contributed by atoms with Crippen LogP contribution in [0.15, 0.2) is 30.3 Å². The quantitative estimate of drug-likeness (QED) is 0.947. The number of amides is 1. The highest BCUT2D eigenvalue weighted by atomic mass is 16.4. The smallest absolute Gasteiger partial charge is 0.311 e. The van der Waals surface area contributed by atoms with Crippen LogP contribution in [0.2, 0.25) is 0 Å². The van der Waals surface area contributed by atoms with E-state index < -0.39 is 11.4 Å². The van der Waals surface area contributed by atoms with E-state index in [1.165, 1.54) is 0 Å². The lowest BCUT2D eigenvalue weighted by atomic mass is 9.90. The molecule has 0 spiro atoms. The number of hydrogen-bond donors (Lipinski definition) is 1. The second-order valence-corrected chi connectivity index (χ2v) is 6.18. The molecule has 1 aromatic heterocycles. The van der Waals surface area contributed by atoms with E-state index in [1.54, 1.807) is 11.8 Å². The summed E-state index contributed by atoms with van der Waals surface area (Å²) in [4.78, 5) is 25.8. The Morgan fingerprint density at radius 2 is 2.05 bits per heavy atom. The van der Waals surface area contributed by atoms with Crippen molar-refractivity contribution in [2.45, 2.75) is 26.8 Å². The molecule has 1 aromatic carbocycles. The molecular formula is C17H20N2O3. The maximum absolute atomic E-state index is 12.8. The molecule has 3 rings (SSSR count). The highest BCUT2D eigenvalue weighted by Crippen LogP contribution is 2.31. The summed E-state index contributed by atoms with van der Waals surface area (Å²) in [6.45, 7) is 5.18. The molecule has 1 saturated heterocycles. The van der Waals surface area contributed by atoms with E-state index >= 15 is 0 Å². The number of hydrogen-bond acceptors (Lipinski definition) is 2. The summed E-state index contributed by atoms with van der Waals surface area (Å²) in [7, 11) is 0. The molecule has 0 bridgehead atoms. The SMILES string of the molecule is CCn1c(C(=O)N2CC[C@](C)(C(=O)O)C2)cc2ccccc21. The first-order chi connectivity index (χ1) is 10.5. The second-order valence-electron chi connectivity index (χ2n) is 6.18. The van der Waals surface area contributed by atoms with Gasteiger partial charge < -0.3 is 14.6 Å². The maximum Gasteiger partial charge on any atom is 0.311 e. The van der Waals surface area contributed by atoms with Gasteiger partial charge in [-0.15, -0.1) is 0 Å². The summed E-state index contributed by atoms with van der Waals surface area (Å²) >= 11 is 0. The Morgan fingerprint density at radius 1 is 1.32 bits per heavy atom. The van der Waals surface area contributed by atoms with Crippen molar-refractivity contribution < 1.29 is 14.7 Å². The topological polar surface area (TPSA) is 62.5 Å². The number of aryl methyl sites for hydroxylation is 1. The molecule has 2 aromatic rings. The number of likely N-dealkylation sites (tertiary alicyclic amines) is 1. The number of rotatable bonds is 3. The fourth-order valence-corrected chi connectivity index (χ4v) is 3.20. The van der Waals surface area contributed by atoms with E-state index in [-0.39, 0.29) is 12.5 Å². The van der Waals surface area contributed by atoms with Gasteiger partial charge in [0.15, 0.2) is 0 Å². The van der Waals surface area contributed by atoms with Crippen LogP contribution in [0.1, 0.15) is 30.8 Å². The lowest BCUT2D eigenvalue weighted by Crippen LogP contribution is -2.35. The number of carboxylic acids is 1. The molecule has 22 heavy (non-hydrogen) atoms.